The predicted molar refractivity (Wildman–Crippen MR) is 122 cm³/mol. The normalized spacial score (nSPS) is 16.8. The molecule has 0 saturated carbocycles. The molecule has 2 aliphatic heterocycles. The Bertz CT molecular complexity index is 1170. The summed E-state index contributed by atoms with van der Waals surface area (Å²) in [6.45, 7) is 2.82. The summed E-state index contributed by atoms with van der Waals surface area (Å²) in [6, 6.07) is 18.6. The van der Waals surface area contributed by atoms with Crippen molar-refractivity contribution >= 4 is 17.7 Å². The van der Waals surface area contributed by atoms with Crippen molar-refractivity contribution in [2.75, 3.05) is 13.1 Å². The van der Waals surface area contributed by atoms with E-state index in [0.29, 0.717) is 16.9 Å². The van der Waals surface area contributed by atoms with Gasteiger partial charge in [0.15, 0.2) is 0 Å². The van der Waals surface area contributed by atoms with Crippen molar-refractivity contribution in [3.8, 4) is 0 Å². The number of hydrogen-bond donors (Lipinski definition) is 1. The van der Waals surface area contributed by atoms with E-state index in [1.807, 2.05) is 18.2 Å². The van der Waals surface area contributed by atoms with Crippen molar-refractivity contribution in [3.05, 3.63) is 94.9 Å². The Morgan fingerprint density at radius 3 is 2.39 bits per heavy atom. The topological polar surface area (TPSA) is 82.9 Å². The molecular weight excluding hydrogens is 418 g/mol. The molecule has 5 rings (SSSR count). The first-order valence-corrected chi connectivity index (χ1v) is 11.2. The van der Waals surface area contributed by atoms with Crippen LogP contribution in [0.2, 0.25) is 0 Å². The highest BCUT2D eigenvalue weighted by Gasteiger charge is 2.36. The van der Waals surface area contributed by atoms with E-state index in [2.05, 4.69) is 22.3 Å². The molecule has 0 atom stereocenters. The quantitative estimate of drug-likeness (QED) is 0.590. The van der Waals surface area contributed by atoms with Gasteiger partial charge in [-0.25, -0.2) is 0 Å². The van der Waals surface area contributed by atoms with Crippen molar-refractivity contribution in [3.63, 3.8) is 0 Å². The van der Waals surface area contributed by atoms with Crippen LogP contribution in [0, 0.1) is 0 Å². The Kier molecular flexibility index (Phi) is 5.79. The van der Waals surface area contributed by atoms with Crippen molar-refractivity contribution in [1.29, 1.82) is 0 Å². The van der Waals surface area contributed by atoms with E-state index < -0.39 is 5.91 Å². The number of rotatable bonds is 6. The zero-order valence-electron chi connectivity index (χ0n) is 18.2. The Balaban J connectivity index is 1.19. The summed E-state index contributed by atoms with van der Waals surface area (Å²) in [5.41, 5.74) is 2.26. The number of hydrogen-bond acceptors (Lipinski definition) is 5. The van der Waals surface area contributed by atoms with E-state index in [1.165, 1.54) is 17.9 Å². The maximum atomic E-state index is 12.9. The highest BCUT2D eigenvalue weighted by atomic mass is 16.3. The zero-order valence-corrected chi connectivity index (χ0v) is 18.2. The molecule has 3 heterocycles. The molecule has 0 unspecified atom stereocenters. The second-order valence-corrected chi connectivity index (χ2v) is 8.55. The zero-order chi connectivity index (χ0) is 22.8. The fourth-order valence-corrected chi connectivity index (χ4v) is 4.48. The predicted octanol–water partition coefficient (Wildman–Crippen LogP) is 3.47. The number of fused-ring (bicyclic) bond motifs is 1. The van der Waals surface area contributed by atoms with E-state index in [1.54, 1.807) is 24.3 Å². The van der Waals surface area contributed by atoms with Crippen LogP contribution >= 0.6 is 0 Å². The number of carbonyl (C=O) groups excluding carboxylic acids is 3. The van der Waals surface area contributed by atoms with Gasteiger partial charge in [-0.1, -0.05) is 30.3 Å². The molecule has 3 aromatic rings. The molecule has 168 valence electrons. The summed E-state index contributed by atoms with van der Waals surface area (Å²) in [4.78, 5) is 41.9. The summed E-state index contributed by atoms with van der Waals surface area (Å²) in [5.74, 6) is -0.468. The molecule has 0 spiro atoms. The summed E-state index contributed by atoms with van der Waals surface area (Å²) in [6.07, 6.45) is 3.25. The smallest absolute Gasteiger partial charge is 0.261 e. The van der Waals surface area contributed by atoms with Gasteiger partial charge in [0.25, 0.3) is 17.7 Å². The Hall–Kier alpha value is -3.71. The SMILES string of the molecule is O=C(NC1CCN(Cc2ccccc2)CC1)c1ccc2c(c1)C(=O)N(Cc1ccco1)C2=O. The van der Waals surface area contributed by atoms with Gasteiger partial charge in [-0.2, -0.15) is 0 Å². The molecule has 0 bridgehead atoms. The van der Waals surface area contributed by atoms with Crippen LogP contribution in [0.15, 0.2) is 71.3 Å². The van der Waals surface area contributed by atoms with Crippen LogP contribution in [0.5, 0.6) is 0 Å². The van der Waals surface area contributed by atoms with Crippen molar-refractivity contribution in [2.24, 2.45) is 0 Å². The first-order chi connectivity index (χ1) is 16.1. The van der Waals surface area contributed by atoms with E-state index in [4.69, 9.17) is 4.42 Å². The lowest BCUT2D eigenvalue weighted by atomic mass is 10.0. The third-order valence-electron chi connectivity index (χ3n) is 6.30. The molecule has 2 aliphatic rings. The fraction of sp³-hybridized carbons (Fsp3) is 0.269. The summed E-state index contributed by atoms with van der Waals surface area (Å²) in [7, 11) is 0. The van der Waals surface area contributed by atoms with Gasteiger partial charge in [0, 0.05) is 31.2 Å². The molecule has 3 amide bonds. The lowest BCUT2D eigenvalue weighted by molar-refractivity contribution is 0.0631. The average molecular weight is 444 g/mol. The molecule has 0 radical (unpaired) electrons. The van der Waals surface area contributed by atoms with Gasteiger partial charge in [0.1, 0.15) is 5.76 Å². The Morgan fingerprint density at radius 2 is 1.67 bits per heavy atom. The van der Waals surface area contributed by atoms with Gasteiger partial charge in [-0.3, -0.25) is 24.2 Å². The fourth-order valence-electron chi connectivity index (χ4n) is 4.48. The van der Waals surface area contributed by atoms with E-state index in [9.17, 15) is 14.4 Å². The Morgan fingerprint density at radius 1 is 0.909 bits per heavy atom. The average Bonchev–Trinajstić information content (AvgIpc) is 3.44. The second-order valence-electron chi connectivity index (χ2n) is 8.55. The van der Waals surface area contributed by atoms with Crippen LogP contribution < -0.4 is 5.32 Å². The molecule has 2 aromatic carbocycles. The van der Waals surface area contributed by atoms with Gasteiger partial charge >= 0.3 is 0 Å². The number of imide groups is 1. The number of nitrogens with one attached hydrogen (secondary N) is 1. The van der Waals surface area contributed by atoms with Crippen LogP contribution in [0.25, 0.3) is 0 Å². The van der Waals surface area contributed by atoms with Gasteiger partial charge in [0.05, 0.1) is 23.9 Å². The minimum absolute atomic E-state index is 0.0719. The lowest BCUT2D eigenvalue weighted by Gasteiger charge is -2.32. The summed E-state index contributed by atoms with van der Waals surface area (Å²) < 4.78 is 5.26. The number of benzene rings is 2. The van der Waals surface area contributed by atoms with E-state index in [-0.39, 0.29) is 30.0 Å². The van der Waals surface area contributed by atoms with Gasteiger partial charge < -0.3 is 9.73 Å². The number of piperidine rings is 1. The highest BCUT2D eigenvalue weighted by molar-refractivity contribution is 6.22. The molecule has 33 heavy (non-hydrogen) atoms. The van der Waals surface area contributed by atoms with E-state index in [0.717, 1.165) is 37.4 Å². The Labute approximate surface area is 192 Å². The largest absolute Gasteiger partial charge is 0.467 e. The molecule has 1 N–H and O–H groups in total. The van der Waals surface area contributed by atoms with Crippen LogP contribution in [-0.4, -0.2) is 46.7 Å². The molecule has 1 aromatic heterocycles. The van der Waals surface area contributed by atoms with Crippen LogP contribution in [0.4, 0.5) is 0 Å². The van der Waals surface area contributed by atoms with Gasteiger partial charge in [0.2, 0.25) is 0 Å². The minimum Gasteiger partial charge on any atom is -0.467 e. The van der Waals surface area contributed by atoms with Crippen LogP contribution in [-0.2, 0) is 13.1 Å². The lowest BCUT2D eigenvalue weighted by Crippen LogP contribution is -2.44. The standard InChI is InChI=1S/C26H25N3O4/c30-24(27-20-10-12-28(13-11-20)16-18-5-2-1-3-6-18)19-8-9-22-23(15-19)26(32)29(25(22)31)17-21-7-4-14-33-21/h1-9,14-15,20H,10-13,16-17H2,(H,27,30). The maximum absolute atomic E-state index is 12.9. The van der Waals surface area contributed by atoms with Gasteiger partial charge in [-0.15, -0.1) is 0 Å². The van der Waals surface area contributed by atoms with Crippen molar-refractivity contribution in [2.45, 2.75) is 32.0 Å². The van der Waals surface area contributed by atoms with Gasteiger partial charge in [-0.05, 0) is 48.7 Å². The number of carbonyl (C=O) groups is 3. The first kappa shape index (κ1) is 21.2. The highest BCUT2D eigenvalue weighted by Crippen LogP contribution is 2.26. The first-order valence-electron chi connectivity index (χ1n) is 11.2. The van der Waals surface area contributed by atoms with Crippen LogP contribution in [0.1, 0.15) is 55.2 Å². The monoisotopic (exact) mass is 443 g/mol. The molecule has 7 nitrogen and oxygen atoms in total. The van der Waals surface area contributed by atoms with E-state index >= 15 is 0 Å². The molecule has 0 aliphatic carbocycles. The minimum atomic E-state index is -0.407. The van der Waals surface area contributed by atoms with Crippen molar-refractivity contribution < 1.29 is 18.8 Å². The molecule has 1 fully saturated rings. The maximum Gasteiger partial charge on any atom is 0.261 e. The third kappa shape index (κ3) is 4.45. The molecule has 7 heteroatoms. The number of nitrogens with zero attached hydrogens (tertiary/aromatic N) is 2. The molecular formula is C26H25N3O4. The van der Waals surface area contributed by atoms with Crippen LogP contribution in [0.3, 0.4) is 0 Å². The second kappa shape index (κ2) is 9.03. The molecule has 1 saturated heterocycles. The third-order valence-corrected chi connectivity index (χ3v) is 6.30. The van der Waals surface area contributed by atoms with Crippen molar-refractivity contribution in [1.82, 2.24) is 15.1 Å². The number of amides is 3. The summed E-state index contributed by atoms with van der Waals surface area (Å²) in [5, 5.41) is 3.09. The number of likely N-dealkylation sites (tertiary alicyclic amines) is 1. The summed E-state index contributed by atoms with van der Waals surface area (Å²) >= 11 is 0. The number of furan rings is 1.